The van der Waals surface area contributed by atoms with Gasteiger partial charge < -0.3 is 0 Å². The molecular weight excluding hydrogens is 276 g/mol. The Hall–Kier alpha value is -0.250. The molecule has 2 aliphatic carbocycles. The van der Waals surface area contributed by atoms with E-state index in [1.807, 2.05) is 31.4 Å². The van der Waals surface area contributed by atoms with Crippen LogP contribution < -0.4 is 0 Å². The molecule has 1 heterocycles. The fraction of sp³-hybridized carbons (Fsp3) is 0.333. The van der Waals surface area contributed by atoms with Crippen LogP contribution in [-0.4, -0.2) is 0 Å². The Labute approximate surface area is 120 Å². The second kappa shape index (κ2) is 4.69. The zero-order chi connectivity index (χ0) is 12.9. The molecule has 3 heteroatoms. The van der Waals surface area contributed by atoms with Gasteiger partial charge in [0.1, 0.15) is 0 Å². The Bertz CT molecular complexity index is 587. The Kier molecular flexibility index (Phi) is 3.33. The Morgan fingerprint density at radius 2 is 1.72 bits per heavy atom. The molecule has 0 atom stereocenters. The van der Waals surface area contributed by atoms with Gasteiger partial charge in [-0.05, 0) is 73.4 Å². The molecule has 3 aliphatic rings. The van der Waals surface area contributed by atoms with Crippen molar-refractivity contribution in [3.05, 3.63) is 34.9 Å². The fourth-order valence-corrected chi connectivity index (χ4v) is 7.33. The minimum Gasteiger partial charge on any atom is -0.0587 e. The molecule has 0 bridgehead atoms. The molecule has 0 amide bonds. The van der Waals surface area contributed by atoms with E-state index in [1.165, 1.54) is 37.6 Å². The number of hydrogen-bond donors (Lipinski definition) is 0. The van der Waals surface area contributed by atoms with Crippen LogP contribution in [0.3, 0.4) is 0 Å². The summed E-state index contributed by atoms with van der Waals surface area (Å²) < 4.78 is 0. The van der Waals surface area contributed by atoms with Crippen molar-refractivity contribution in [2.45, 2.75) is 43.4 Å². The average molecular weight is 292 g/mol. The third-order valence-corrected chi connectivity index (χ3v) is 7.73. The van der Waals surface area contributed by atoms with E-state index < -0.39 is 0 Å². The number of rotatable bonds is 1. The molecule has 0 spiro atoms. The quantitative estimate of drug-likeness (QED) is 0.567. The Morgan fingerprint density at radius 3 is 2.44 bits per heavy atom. The van der Waals surface area contributed by atoms with E-state index in [1.54, 1.807) is 0 Å². The lowest BCUT2D eigenvalue weighted by Crippen LogP contribution is -1.84. The van der Waals surface area contributed by atoms with Crippen molar-refractivity contribution in [2.75, 3.05) is 0 Å². The van der Waals surface area contributed by atoms with Gasteiger partial charge in [-0.15, -0.1) is 0 Å². The average Bonchev–Trinajstić information content (AvgIpc) is 2.82. The predicted molar refractivity (Wildman–Crippen MR) is 85.9 cm³/mol. The van der Waals surface area contributed by atoms with Crippen LogP contribution in [0.2, 0.25) is 0 Å². The normalized spacial score (nSPS) is 14.5. The van der Waals surface area contributed by atoms with Gasteiger partial charge >= 0.3 is 0 Å². The molecule has 0 N–H and O–H groups in total. The molecule has 18 heavy (non-hydrogen) atoms. The molecule has 0 aromatic heterocycles. The first kappa shape index (κ1) is 12.8. The molecule has 0 aromatic rings. The van der Waals surface area contributed by atoms with Crippen LogP contribution in [0.4, 0.5) is 0 Å². The molecule has 0 unspecified atom stereocenters. The molecule has 1 aliphatic heterocycles. The summed E-state index contributed by atoms with van der Waals surface area (Å²) in [4.78, 5) is 2.98. The third-order valence-electron chi connectivity index (χ3n) is 3.58. The van der Waals surface area contributed by atoms with Crippen LogP contribution in [0.5, 0.6) is 0 Å². The monoisotopic (exact) mass is 292 g/mol. The van der Waals surface area contributed by atoms with Crippen molar-refractivity contribution in [3.63, 3.8) is 0 Å². The molecule has 3 rings (SSSR count). The molecule has 0 saturated carbocycles. The van der Waals surface area contributed by atoms with Crippen molar-refractivity contribution in [1.29, 1.82) is 0 Å². The molecule has 0 radical (unpaired) electrons. The highest BCUT2D eigenvalue weighted by Gasteiger charge is 2.27. The maximum atomic E-state index is 2.40. The lowest BCUT2D eigenvalue weighted by molar-refractivity contribution is 0.868. The second-order valence-electron chi connectivity index (χ2n) is 5.12. The van der Waals surface area contributed by atoms with Gasteiger partial charge in [0.05, 0.1) is 0 Å². The SMILES string of the molecule is Cc1ccc(C(C)C)cc2c(C)c3c(c1-2)SSS3. The summed E-state index contributed by atoms with van der Waals surface area (Å²) in [6.45, 7) is 9.04. The Morgan fingerprint density at radius 1 is 1.00 bits per heavy atom. The number of fused-ring (bicyclic) bond motifs is 3. The molecule has 0 fully saturated rings. The van der Waals surface area contributed by atoms with Crippen molar-refractivity contribution >= 4 is 31.4 Å². The van der Waals surface area contributed by atoms with Gasteiger partial charge in [-0.2, -0.15) is 0 Å². The lowest BCUT2D eigenvalue weighted by Gasteiger charge is -2.04. The zero-order valence-electron chi connectivity index (χ0n) is 11.0. The summed E-state index contributed by atoms with van der Waals surface area (Å²) in [5.41, 5.74) is 7.21. The molecular formula is C15H16S3. The van der Waals surface area contributed by atoms with Gasteiger partial charge in [0.15, 0.2) is 0 Å². The van der Waals surface area contributed by atoms with Gasteiger partial charge in [0.2, 0.25) is 0 Å². The van der Waals surface area contributed by atoms with Crippen molar-refractivity contribution in [2.24, 2.45) is 0 Å². The predicted octanol–water partition coefficient (Wildman–Crippen LogP) is 6.29. The first-order valence-corrected chi connectivity index (χ1v) is 9.66. The van der Waals surface area contributed by atoms with Crippen molar-refractivity contribution < 1.29 is 0 Å². The topological polar surface area (TPSA) is 0 Å². The van der Waals surface area contributed by atoms with Crippen LogP contribution in [-0.2, 0) is 0 Å². The van der Waals surface area contributed by atoms with Crippen molar-refractivity contribution in [3.8, 4) is 11.1 Å². The van der Waals surface area contributed by atoms with E-state index in [9.17, 15) is 0 Å². The van der Waals surface area contributed by atoms with Crippen LogP contribution in [0.25, 0.3) is 11.1 Å². The van der Waals surface area contributed by atoms with Crippen molar-refractivity contribution in [1.82, 2.24) is 0 Å². The first-order valence-electron chi connectivity index (χ1n) is 6.17. The van der Waals surface area contributed by atoms with Crippen LogP contribution in [0.15, 0.2) is 28.0 Å². The summed E-state index contributed by atoms with van der Waals surface area (Å²) in [5, 5.41) is 0. The smallest absolute Gasteiger partial charge is 0.0420 e. The lowest BCUT2D eigenvalue weighted by atomic mass is 10.0. The summed E-state index contributed by atoms with van der Waals surface area (Å²) >= 11 is 0. The van der Waals surface area contributed by atoms with Crippen LogP contribution in [0, 0.1) is 13.8 Å². The van der Waals surface area contributed by atoms with Gasteiger partial charge in [-0.3, -0.25) is 0 Å². The van der Waals surface area contributed by atoms with Gasteiger partial charge in [-0.25, -0.2) is 0 Å². The zero-order valence-corrected chi connectivity index (χ0v) is 13.5. The summed E-state index contributed by atoms with van der Waals surface area (Å²) in [7, 11) is 5.73. The Balaban J connectivity index is 2.35. The highest BCUT2D eigenvalue weighted by atomic mass is 33.5. The fourth-order valence-electron chi connectivity index (χ4n) is 2.43. The largest absolute Gasteiger partial charge is 0.0587 e. The van der Waals surface area contributed by atoms with Gasteiger partial charge in [0.25, 0.3) is 0 Å². The summed E-state index contributed by atoms with van der Waals surface area (Å²) in [5.74, 6) is 0.582. The van der Waals surface area contributed by atoms with E-state index in [0.717, 1.165) is 0 Å². The second-order valence-corrected chi connectivity index (χ2v) is 9.04. The molecule has 0 aromatic carbocycles. The van der Waals surface area contributed by atoms with Crippen LogP contribution >= 0.6 is 31.4 Å². The maximum Gasteiger partial charge on any atom is 0.0420 e. The highest BCUT2D eigenvalue weighted by Crippen LogP contribution is 2.62. The molecule has 0 saturated heterocycles. The minimum absolute atomic E-state index is 0.582. The summed E-state index contributed by atoms with van der Waals surface area (Å²) in [6, 6.07) is 6.96. The van der Waals surface area contributed by atoms with E-state index in [-0.39, 0.29) is 0 Å². The number of hydrogen-bond acceptors (Lipinski definition) is 3. The van der Waals surface area contributed by atoms with Gasteiger partial charge in [-0.1, -0.05) is 32.0 Å². The number of aryl methyl sites for hydroxylation is 1. The van der Waals surface area contributed by atoms with Crippen LogP contribution in [0.1, 0.15) is 36.5 Å². The van der Waals surface area contributed by atoms with Gasteiger partial charge in [0, 0.05) is 15.4 Å². The van der Waals surface area contributed by atoms with E-state index >= 15 is 0 Å². The summed E-state index contributed by atoms with van der Waals surface area (Å²) in [6.07, 6.45) is 0. The maximum absolute atomic E-state index is 2.40. The van der Waals surface area contributed by atoms with E-state index in [2.05, 4.69) is 45.9 Å². The molecule has 0 nitrogen and oxygen atoms in total. The first-order chi connectivity index (χ1) is 8.59. The van der Waals surface area contributed by atoms with E-state index in [4.69, 9.17) is 0 Å². The molecule has 94 valence electrons. The standard InChI is InChI=1S/C15H16S3/c1-8(2)11-6-5-9(3)13-12(7-11)10(4)14-15(13)17-18-16-14/h5-8H,1-4H3. The van der Waals surface area contributed by atoms with E-state index in [0.29, 0.717) is 5.92 Å². The third kappa shape index (κ3) is 1.87. The minimum atomic E-state index is 0.582. The highest BCUT2D eigenvalue weighted by molar-refractivity contribution is 9.10.